The molecular formula is C21H24N4O3. The molecule has 1 atom stereocenters. The summed E-state index contributed by atoms with van der Waals surface area (Å²) in [6.07, 6.45) is 2.08. The van der Waals surface area contributed by atoms with Crippen molar-refractivity contribution in [1.82, 2.24) is 14.8 Å². The Kier molecular flexibility index (Phi) is 5.46. The first-order valence-corrected chi connectivity index (χ1v) is 9.04. The van der Waals surface area contributed by atoms with E-state index in [1.807, 2.05) is 33.3 Å². The number of fused-ring (bicyclic) bond motifs is 1. The lowest BCUT2D eigenvalue weighted by Crippen LogP contribution is -2.34. The van der Waals surface area contributed by atoms with Crippen LogP contribution in [0.2, 0.25) is 0 Å². The van der Waals surface area contributed by atoms with Gasteiger partial charge in [-0.25, -0.2) is 0 Å². The first-order chi connectivity index (χ1) is 13.3. The highest BCUT2D eigenvalue weighted by Gasteiger charge is 2.22. The molecular weight excluding hydrogens is 356 g/mol. The molecule has 3 rings (SSSR count). The zero-order chi connectivity index (χ0) is 20.4. The minimum absolute atomic E-state index is 0.0333. The number of rotatable bonds is 6. The van der Waals surface area contributed by atoms with Gasteiger partial charge in [0.05, 0.1) is 11.0 Å². The molecule has 0 saturated heterocycles. The van der Waals surface area contributed by atoms with Gasteiger partial charge in [0.2, 0.25) is 0 Å². The van der Waals surface area contributed by atoms with Crippen LogP contribution in [0.25, 0.3) is 10.9 Å². The van der Waals surface area contributed by atoms with Gasteiger partial charge in [-0.15, -0.1) is 0 Å². The van der Waals surface area contributed by atoms with E-state index in [0.29, 0.717) is 17.7 Å². The summed E-state index contributed by atoms with van der Waals surface area (Å²) in [4.78, 5) is 25.4. The Morgan fingerprint density at radius 1 is 1.21 bits per heavy atom. The maximum Gasteiger partial charge on any atom is 0.273 e. The molecule has 0 spiro atoms. The fourth-order valence-corrected chi connectivity index (χ4v) is 3.56. The van der Waals surface area contributed by atoms with Crippen LogP contribution in [-0.4, -0.2) is 40.9 Å². The van der Waals surface area contributed by atoms with E-state index < -0.39 is 4.92 Å². The van der Waals surface area contributed by atoms with Crippen LogP contribution in [0.3, 0.4) is 0 Å². The van der Waals surface area contributed by atoms with E-state index in [0.717, 1.165) is 16.5 Å². The van der Waals surface area contributed by atoms with Crippen molar-refractivity contribution >= 4 is 22.5 Å². The van der Waals surface area contributed by atoms with Crippen LogP contribution in [-0.2, 0) is 7.05 Å². The van der Waals surface area contributed by atoms with Gasteiger partial charge in [0.25, 0.3) is 11.6 Å². The Labute approximate surface area is 163 Å². The molecule has 0 aliphatic rings. The summed E-state index contributed by atoms with van der Waals surface area (Å²) in [5.74, 6) is -0.312. The maximum atomic E-state index is 12.7. The van der Waals surface area contributed by atoms with E-state index in [-0.39, 0.29) is 17.6 Å². The van der Waals surface area contributed by atoms with Gasteiger partial charge in [-0.2, -0.15) is 0 Å². The lowest BCUT2D eigenvalue weighted by Gasteiger charge is -2.24. The van der Waals surface area contributed by atoms with Crippen LogP contribution in [0.1, 0.15) is 27.5 Å². The number of para-hydroxylation sites is 1. The summed E-state index contributed by atoms with van der Waals surface area (Å²) >= 11 is 0. The molecule has 146 valence electrons. The number of nitro benzene ring substituents is 1. The molecule has 0 bridgehead atoms. The van der Waals surface area contributed by atoms with Crippen molar-refractivity contribution in [1.29, 1.82) is 0 Å². The summed E-state index contributed by atoms with van der Waals surface area (Å²) < 4.78 is 2.08. The van der Waals surface area contributed by atoms with Crippen molar-refractivity contribution in [3.8, 4) is 0 Å². The largest absolute Gasteiger partial charge is 0.350 e. The number of carbonyl (C=O) groups is 1. The van der Waals surface area contributed by atoms with Gasteiger partial charge in [-0.3, -0.25) is 14.9 Å². The molecule has 0 aliphatic heterocycles. The molecule has 3 aromatic rings. The van der Waals surface area contributed by atoms with Crippen LogP contribution in [0.4, 0.5) is 5.69 Å². The van der Waals surface area contributed by atoms with Crippen LogP contribution in [0, 0.1) is 17.0 Å². The van der Waals surface area contributed by atoms with E-state index in [1.165, 1.54) is 12.1 Å². The fourth-order valence-electron chi connectivity index (χ4n) is 3.56. The number of benzene rings is 2. The third-order valence-electron chi connectivity index (χ3n) is 5.11. The number of amides is 1. The Balaban J connectivity index is 1.86. The molecule has 1 heterocycles. The molecule has 7 nitrogen and oxygen atoms in total. The number of hydrogen-bond acceptors (Lipinski definition) is 4. The summed E-state index contributed by atoms with van der Waals surface area (Å²) in [5, 5.41) is 15.2. The van der Waals surface area contributed by atoms with E-state index in [4.69, 9.17) is 0 Å². The fraction of sp³-hybridized carbons (Fsp3) is 0.286. The summed E-state index contributed by atoms with van der Waals surface area (Å²) in [6.45, 7) is 1.99. The molecule has 1 N–H and O–H groups in total. The number of aryl methyl sites for hydroxylation is 1. The topological polar surface area (TPSA) is 80.4 Å². The lowest BCUT2D eigenvalue weighted by molar-refractivity contribution is -0.385. The molecule has 0 fully saturated rings. The van der Waals surface area contributed by atoms with Gasteiger partial charge in [-0.1, -0.05) is 24.3 Å². The molecule has 0 aliphatic carbocycles. The van der Waals surface area contributed by atoms with Crippen molar-refractivity contribution in [2.45, 2.75) is 13.0 Å². The SMILES string of the molecule is Cc1c(C(=O)NCC(c2cn(C)c3ccccc23)N(C)C)cccc1[N+](=O)[O-]. The molecule has 0 radical (unpaired) electrons. The molecule has 1 amide bonds. The van der Waals surface area contributed by atoms with E-state index in [1.54, 1.807) is 13.0 Å². The smallest absolute Gasteiger partial charge is 0.273 e. The molecule has 1 aromatic heterocycles. The predicted octanol–water partition coefficient (Wildman–Crippen LogP) is 3.43. The maximum absolute atomic E-state index is 12.7. The zero-order valence-electron chi connectivity index (χ0n) is 16.5. The Morgan fingerprint density at radius 3 is 2.61 bits per heavy atom. The Morgan fingerprint density at radius 2 is 1.93 bits per heavy atom. The van der Waals surface area contributed by atoms with Gasteiger partial charge < -0.3 is 14.8 Å². The number of aromatic nitrogens is 1. The lowest BCUT2D eigenvalue weighted by atomic mass is 10.0. The molecule has 1 unspecified atom stereocenters. The average molecular weight is 380 g/mol. The third kappa shape index (κ3) is 3.61. The highest BCUT2D eigenvalue weighted by Crippen LogP contribution is 2.28. The zero-order valence-corrected chi connectivity index (χ0v) is 16.5. The van der Waals surface area contributed by atoms with Crippen molar-refractivity contribution in [3.05, 3.63) is 75.5 Å². The van der Waals surface area contributed by atoms with E-state index >= 15 is 0 Å². The van der Waals surface area contributed by atoms with Gasteiger partial charge >= 0.3 is 0 Å². The molecule has 0 saturated carbocycles. The predicted molar refractivity (Wildman–Crippen MR) is 110 cm³/mol. The summed E-state index contributed by atoms with van der Waals surface area (Å²) in [5.41, 5.74) is 2.90. The Hall–Kier alpha value is -3.19. The minimum Gasteiger partial charge on any atom is -0.350 e. The Bertz CT molecular complexity index is 1040. The van der Waals surface area contributed by atoms with Gasteiger partial charge in [0.1, 0.15) is 0 Å². The van der Waals surface area contributed by atoms with Crippen LogP contribution in [0.15, 0.2) is 48.7 Å². The second kappa shape index (κ2) is 7.82. The van der Waals surface area contributed by atoms with Crippen molar-refractivity contribution in [2.75, 3.05) is 20.6 Å². The quantitative estimate of drug-likeness (QED) is 0.525. The number of carbonyl (C=O) groups excluding carboxylic acids is 1. The first-order valence-electron chi connectivity index (χ1n) is 9.04. The minimum atomic E-state index is -0.467. The van der Waals surface area contributed by atoms with Gasteiger partial charge in [-0.05, 0) is 38.7 Å². The number of nitro groups is 1. The summed E-state index contributed by atoms with van der Waals surface area (Å²) in [6, 6.07) is 12.7. The normalized spacial score (nSPS) is 12.3. The van der Waals surface area contributed by atoms with Crippen LogP contribution >= 0.6 is 0 Å². The number of nitrogens with one attached hydrogen (secondary N) is 1. The third-order valence-corrected chi connectivity index (χ3v) is 5.11. The van der Waals surface area contributed by atoms with Gasteiger partial charge in [0.15, 0.2) is 0 Å². The number of hydrogen-bond donors (Lipinski definition) is 1. The molecule has 7 heteroatoms. The number of nitrogens with zero attached hydrogens (tertiary/aromatic N) is 3. The van der Waals surface area contributed by atoms with Crippen LogP contribution in [0.5, 0.6) is 0 Å². The summed E-state index contributed by atoms with van der Waals surface area (Å²) in [7, 11) is 5.94. The average Bonchev–Trinajstić information content (AvgIpc) is 2.98. The van der Waals surface area contributed by atoms with E-state index in [2.05, 4.69) is 33.1 Å². The van der Waals surface area contributed by atoms with E-state index in [9.17, 15) is 14.9 Å². The highest BCUT2D eigenvalue weighted by molar-refractivity contribution is 5.96. The second-order valence-corrected chi connectivity index (χ2v) is 7.11. The standard InChI is InChI=1S/C21H24N4O3/c1-14-15(9-7-11-18(14)25(27)28)21(26)22-12-20(23(2)3)17-13-24(4)19-10-6-5-8-16(17)19/h5-11,13,20H,12H2,1-4H3,(H,22,26). The second-order valence-electron chi connectivity index (χ2n) is 7.11. The molecule has 2 aromatic carbocycles. The highest BCUT2D eigenvalue weighted by atomic mass is 16.6. The monoisotopic (exact) mass is 380 g/mol. The van der Waals surface area contributed by atoms with Crippen molar-refractivity contribution < 1.29 is 9.72 Å². The first kappa shape index (κ1) is 19.6. The number of likely N-dealkylation sites (N-methyl/N-ethyl adjacent to an activating group) is 1. The van der Waals surface area contributed by atoms with Gasteiger partial charge in [0, 0.05) is 47.9 Å². The van der Waals surface area contributed by atoms with Crippen molar-refractivity contribution in [3.63, 3.8) is 0 Å². The van der Waals surface area contributed by atoms with Crippen molar-refractivity contribution in [2.24, 2.45) is 7.05 Å². The molecule has 28 heavy (non-hydrogen) atoms. The van der Waals surface area contributed by atoms with Crippen LogP contribution < -0.4 is 5.32 Å².